The van der Waals surface area contributed by atoms with Gasteiger partial charge in [-0.3, -0.25) is 0 Å². The SMILES string of the molecule is Nc1ccc(Br)c(CNCCOCC2CC2)c1. The van der Waals surface area contributed by atoms with Gasteiger partial charge in [0, 0.05) is 29.9 Å². The molecule has 1 aromatic carbocycles. The highest BCUT2D eigenvalue weighted by molar-refractivity contribution is 9.10. The molecule has 4 heteroatoms. The van der Waals surface area contributed by atoms with Crippen LogP contribution in [0.5, 0.6) is 0 Å². The Balaban J connectivity index is 1.61. The van der Waals surface area contributed by atoms with Gasteiger partial charge in [-0.1, -0.05) is 15.9 Å². The first-order chi connectivity index (χ1) is 8.25. The van der Waals surface area contributed by atoms with E-state index < -0.39 is 0 Å². The number of nitrogens with one attached hydrogen (secondary N) is 1. The molecule has 0 heterocycles. The number of hydrogen-bond donors (Lipinski definition) is 2. The van der Waals surface area contributed by atoms with Crippen LogP contribution in [0.15, 0.2) is 22.7 Å². The van der Waals surface area contributed by atoms with Gasteiger partial charge in [0.1, 0.15) is 0 Å². The summed E-state index contributed by atoms with van der Waals surface area (Å²) in [4.78, 5) is 0. The van der Waals surface area contributed by atoms with Crippen LogP contribution in [0.25, 0.3) is 0 Å². The molecule has 3 nitrogen and oxygen atoms in total. The van der Waals surface area contributed by atoms with E-state index in [0.717, 1.165) is 42.4 Å². The Hall–Kier alpha value is -0.580. The molecule has 0 aliphatic heterocycles. The largest absolute Gasteiger partial charge is 0.399 e. The zero-order valence-electron chi connectivity index (χ0n) is 9.92. The van der Waals surface area contributed by atoms with E-state index in [1.54, 1.807) is 0 Å². The summed E-state index contributed by atoms with van der Waals surface area (Å²) in [6.07, 6.45) is 2.70. The smallest absolute Gasteiger partial charge is 0.0591 e. The Bertz CT molecular complexity index is 366. The second-order valence-electron chi connectivity index (χ2n) is 4.55. The van der Waals surface area contributed by atoms with Crippen molar-refractivity contribution >= 4 is 21.6 Å². The quantitative estimate of drug-likeness (QED) is 0.601. The highest BCUT2D eigenvalue weighted by Crippen LogP contribution is 2.28. The maximum Gasteiger partial charge on any atom is 0.0591 e. The van der Waals surface area contributed by atoms with Crippen molar-refractivity contribution in [1.29, 1.82) is 0 Å². The number of rotatable bonds is 7. The first-order valence-corrected chi connectivity index (χ1v) is 6.87. The molecule has 0 aromatic heterocycles. The second kappa shape index (κ2) is 6.38. The maximum absolute atomic E-state index is 5.75. The van der Waals surface area contributed by atoms with Gasteiger partial charge in [0.2, 0.25) is 0 Å². The fraction of sp³-hybridized carbons (Fsp3) is 0.538. The summed E-state index contributed by atoms with van der Waals surface area (Å²) in [7, 11) is 0. The molecule has 1 aliphatic rings. The highest BCUT2D eigenvalue weighted by Gasteiger charge is 2.20. The van der Waals surface area contributed by atoms with Crippen molar-refractivity contribution in [3.05, 3.63) is 28.2 Å². The number of nitrogen functional groups attached to an aromatic ring is 1. The summed E-state index contributed by atoms with van der Waals surface area (Å²) in [6, 6.07) is 5.87. The molecule has 0 bridgehead atoms. The summed E-state index contributed by atoms with van der Waals surface area (Å²) in [5, 5.41) is 3.35. The molecule has 94 valence electrons. The predicted octanol–water partition coefficient (Wildman–Crippen LogP) is 2.55. The summed E-state index contributed by atoms with van der Waals surface area (Å²) in [5.74, 6) is 0.845. The van der Waals surface area contributed by atoms with Crippen LogP contribution >= 0.6 is 15.9 Å². The molecule has 0 spiro atoms. The van der Waals surface area contributed by atoms with Gasteiger partial charge < -0.3 is 15.8 Å². The third-order valence-electron chi connectivity index (χ3n) is 2.86. The van der Waals surface area contributed by atoms with Crippen LogP contribution in [0.4, 0.5) is 5.69 Å². The van der Waals surface area contributed by atoms with Crippen molar-refractivity contribution in [3.8, 4) is 0 Å². The molecule has 1 aliphatic carbocycles. The van der Waals surface area contributed by atoms with Gasteiger partial charge in [-0.15, -0.1) is 0 Å². The van der Waals surface area contributed by atoms with Crippen LogP contribution in [0.2, 0.25) is 0 Å². The molecule has 1 aromatic rings. The van der Waals surface area contributed by atoms with Crippen molar-refractivity contribution in [3.63, 3.8) is 0 Å². The van der Waals surface area contributed by atoms with Crippen LogP contribution in [0.1, 0.15) is 18.4 Å². The fourth-order valence-corrected chi connectivity index (χ4v) is 2.02. The lowest BCUT2D eigenvalue weighted by atomic mass is 10.2. The molecule has 2 rings (SSSR count). The van der Waals surface area contributed by atoms with Crippen molar-refractivity contribution in [1.82, 2.24) is 5.32 Å². The van der Waals surface area contributed by atoms with E-state index in [0.29, 0.717) is 0 Å². The van der Waals surface area contributed by atoms with E-state index in [2.05, 4.69) is 21.2 Å². The molecule has 0 radical (unpaired) electrons. The zero-order chi connectivity index (χ0) is 12.1. The summed E-state index contributed by atoms with van der Waals surface area (Å²) < 4.78 is 6.65. The van der Waals surface area contributed by atoms with E-state index in [1.807, 2.05) is 18.2 Å². The van der Waals surface area contributed by atoms with Crippen molar-refractivity contribution in [2.45, 2.75) is 19.4 Å². The monoisotopic (exact) mass is 298 g/mol. The van der Waals surface area contributed by atoms with Gasteiger partial charge in [0.05, 0.1) is 6.61 Å². The van der Waals surface area contributed by atoms with Crippen LogP contribution in [0.3, 0.4) is 0 Å². The van der Waals surface area contributed by atoms with Gasteiger partial charge in [-0.2, -0.15) is 0 Å². The lowest BCUT2D eigenvalue weighted by Crippen LogP contribution is -2.20. The average molecular weight is 299 g/mol. The molecule has 0 unspecified atom stereocenters. The van der Waals surface area contributed by atoms with E-state index >= 15 is 0 Å². The normalized spacial score (nSPS) is 15.1. The second-order valence-corrected chi connectivity index (χ2v) is 5.40. The number of halogens is 1. The molecule has 3 N–H and O–H groups in total. The maximum atomic E-state index is 5.75. The minimum Gasteiger partial charge on any atom is -0.399 e. The van der Waals surface area contributed by atoms with E-state index in [9.17, 15) is 0 Å². The summed E-state index contributed by atoms with van der Waals surface area (Å²) in [5.41, 5.74) is 7.73. The Kier molecular flexibility index (Phi) is 4.83. The van der Waals surface area contributed by atoms with E-state index in [1.165, 1.54) is 18.4 Å². The number of benzene rings is 1. The summed E-state index contributed by atoms with van der Waals surface area (Å²) >= 11 is 3.51. The average Bonchev–Trinajstić information content (AvgIpc) is 3.11. The lowest BCUT2D eigenvalue weighted by molar-refractivity contribution is 0.126. The molecule has 17 heavy (non-hydrogen) atoms. The van der Waals surface area contributed by atoms with Crippen LogP contribution < -0.4 is 11.1 Å². The summed E-state index contributed by atoms with van der Waals surface area (Å²) in [6.45, 7) is 3.42. The zero-order valence-corrected chi connectivity index (χ0v) is 11.5. The molecule has 0 atom stereocenters. The third kappa shape index (κ3) is 4.66. The Morgan fingerprint density at radius 2 is 2.24 bits per heavy atom. The molecular weight excluding hydrogens is 280 g/mol. The van der Waals surface area contributed by atoms with Crippen LogP contribution in [-0.4, -0.2) is 19.8 Å². The highest BCUT2D eigenvalue weighted by atomic mass is 79.9. The fourth-order valence-electron chi connectivity index (χ4n) is 1.63. The Morgan fingerprint density at radius 1 is 1.41 bits per heavy atom. The van der Waals surface area contributed by atoms with Crippen molar-refractivity contribution in [2.75, 3.05) is 25.5 Å². The van der Waals surface area contributed by atoms with E-state index in [-0.39, 0.29) is 0 Å². The minimum absolute atomic E-state index is 0.788. The first kappa shape index (κ1) is 12.9. The lowest BCUT2D eigenvalue weighted by Gasteiger charge is -2.08. The van der Waals surface area contributed by atoms with Crippen molar-refractivity contribution in [2.24, 2.45) is 5.92 Å². The van der Waals surface area contributed by atoms with Gasteiger partial charge in [-0.25, -0.2) is 0 Å². The van der Waals surface area contributed by atoms with E-state index in [4.69, 9.17) is 10.5 Å². The first-order valence-electron chi connectivity index (χ1n) is 6.08. The number of hydrogen-bond acceptors (Lipinski definition) is 3. The topological polar surface area (TPSA) is 47.3 Å². The van der Waals surface area contributed by atoms with Gasteiger partial charge in [-0.05, 0) is 42.5 Å². The predicted molar refractivity (Wildman–Crippen MR) is 73.8 cm³/mol. The Labute approximate surface area is 111 Å². The molecule has 1 fully saturated rings. The molecule has 0 saturated heterocycles. The van der Waals surface area contributed by atoms with Gasteiger partial charge in [0.25, 0.3) is 0 Å². The number of anilines is 1. The van der Waals surface area contributed by atoms with Gasteiger partial charge >= 0.3 is 0 Å². The third-order valence-corrected chi connectivity index (χ3v) is 3.63. The van der Waals surface area contributed by atoms with Gasteiger partial charge in [0.15, 0.2) is 0 Å². The number of ether oxygens (including phenoxy) is 1. The van der Waals surface area contributed by atoms with Crippen molar-refractivity contribution < 1.29 is 4.74 Å². The molecular formula is C13H19BrN2O. The van der Waals surface area contributed by atoms with Crippen LogP contribution in [0, 0.1) is 5.92 Å². The van der Waals surface area contributed by atoms with Crippen LogP contribution in [-0.2, 0) is 11.3 Å². The Morgan fingerprint density at radius 3 is 3.00 bits per heavy atom. The number of nitrogens with two attached hydrogens (primary N) is 1. The molecule has 0 amide bonds. The minimum atomic E-state index is 0.788. The standard InChI is InChI=1S/C13H19BrN2O/c14-13-4-3-12(15)7-11(13)8-16-5-6-17-9-10-1-2-10/h3-4,7,10,16H,1-2,5-6,8-9,15H2. The molecule has 1 saturated carbocycles.